The first kappa shape index (κ1) is 32.4. The predicted molar refractivity (Wildman–Crippen MR) is 166 cm³/mol. The Bertz CT molecular complexity index is 1440. The fourth-order valence-electron chi connectivity index (χ4n) is 5.24. The number of rotatable bonds is 14. The van der Waals surface area contributed by atoms with Crippen molar-refractivity contribution in [1.82, 2.24) is 14.5 Å². The molecule has 0 saturated carbocycles. The monoisotopic (exact) mass is 607 g/mol. The van der Waals surface area contributed by atoms with Crippen LogP contribution >= 0.6 is 0 Å². The highest BCUT2D eigenvalue weighted by atomic mass is 32.2. The van der Waals surface area contributed by atoms with Crippen molar-refractivity contribution in [3.8, 4) is 0 Å². The lowest BCUT2D eigenvalue weighted by molar-refractivity contribution is -0.141. The smallest absolute Gasteiger partial charge is 0.243 e. The van der Waals surface area contributed by atoms with E-state index >= 15 is 0 Å². The largest absolute Gasteiger partial charge is 0.354 e. The molecule has 1 saturated heterocycles. The molecular weight excluding hydrogens is 565 g/mol. The van der Waals surface area contributed by atoms with Crippen molar-refractivity contribution in [3.63, 3.8) is 0 Å². The van der Waals surface area contributed by atoms with Gasteiger partial charge in [-0.25, -0.2) is 12.8 Å². The highest BCUT2D eigenvalue weighted by molar-refractivity contribution is 7.89. The van der Waals surface area contributed by atoms with Crippen LogP contribution < -0.4 is 5.32 Å². The number of carbonyl (C=O) groups excluding carboxylic acids is 2. The summed E-state index contributed by atoms with van der Waals surface area (Å²) in [5.74, 6) is -0.389. The lowest BCUT2D eigenvalue weighted by atomic mass is 10.0. The average molecular weight is 608 g/mol. The van der Waals surface area contributed by atoms with Gasteiger partial charge in [0, 0.05) is 39.0 Å². The third kappa shape index (κ3) is 9.21. The van der Waals surface area contributed by atoms with E-state index in [9.17, 15) is 22.4 Å². The van der Waals surface area contributed by atoms with Crippen molar-refractivity contribution < 1.29 is 22.4 Å². The van der Waals surface area contributed by atoms with Gasteiger partial charge in [-0.3, -0.25) is 9.59 Å². The van der Waals surface area contributed by atoms with Gasteiger partial charge in [0.1, 0.15) is 11.9 Å². The maximum absolute atomic E-state index is 13.9. The molecule has 3 aromatic rings. The molecule has 7 nitrogen and oxygen atoms in total. The van der Waals surface area contributed by atoms with Crippen LogP contribution in [0, 0.1) is 11.7 Å². The zero-order chi connectivity index (χ0) is 30.8. The molecule has 0 spiro atoms. The number of nitrogens with one attached hydrogen (secondary N) is 1. The highest BCUT2D eigenvalue weighted by Gasteiger charge is 2.30. The number of nitrogens with zero attached hydrogens (tertiary/aromatic N) is 2. The first-order valence-corrected chi connectivity index (χ1v) is 16.5. The number of sulfonamides is 1. The van der Waals surface area contributed by atoms with Gasteiger partial charge in [-0.2, -0.15) is 4.31 Å². The van der Waals surface area contributed by atoms with Crippen molar-refractivity contribution in [2.75, 3.05) is 19.6 Å². The summed E-state index contributed by atoms with van der Waals surface area (Å²) in [6.07, 6.45) is 3.41. The first-order valence-electron chi connectivity index (χ1n) is 15.1. The van der Waals surface area contributed by atoms with Gasteiger partial charge >= 0.3 is 0 Å². The average Bonchev–Trinajstić information content (AvgIpc) is 3.55. The van der Waals surface area contributed by atoms with E-state index in [2.05, 4.69) is 19.2 Å². The van der Waals surface area contributed by atoms with E-state index in [0.717, 1.165) is 36.0 Å². The van der Waals surface area contributed by atoms with Crippen molar-refractivity contribution in [2.45, 2.75) is 69.9 Å². The molecule has 0 aliphatic carbocycles. The Hall–Kier alpha value is -3.56. The van der Waals surface area contributed by atoms with E-state index in [4.69, 9.17) is 0 Å². The second-order valence-electron chi connectivity index (χ2n) is 11.6. The molecule has 1 aliphatic heterocycles. The number of hydrogen-bond acceptors (Lipinski definition) is 4. The molecule has 1 N–H and O–H groups in total. The van der Waals surface area contributed by atoms with Gasteiger partial charge in [-0.1, -0.05) is 68.4 Å². The van der Waals surface area contributed by atoms with E-state index in [1.807, 2.05) is 30.3 Å². The van der Waals surface area contributed by atoms with Gasteiger partial charge < -0.3 is 10.2 Å². The number of carbonyl (C=O) groups is 2. The van der Waals surface area contributed by atoms with E-state index < -0.39 is 16.1 Å². The maximum Gasteiger partial charge on any atom is 0.243 e. The standard InChI is InChI=1S/C34H42FN3O4S/c1-26(2)20-21-36-34(40)32(24-28-8-4-3-5-9-28)38(25-29-10-15-30(35)16-11-29)33(39)19-14-27-12-17-31(18-13-27)43(41,42)37-22-6-7-23-37/h3-5,8-13,15-18,26,32H,6-7,14,19-25H2,1-2H3,(H,36,40). The summed E-state index contributed by atoms with van der Waals surface area (Å²) in [6.45, 7) is 5.92. The summed E-state index contributed by atoms with van der Waals surface area (Å²) in [4.78, 5) is 29.3. The Morgan fingerprint density at radius 1 is 0.884 bits per heavy atom. The van der Waals surface area contributed by atoms with Crippen LogP contribution in [0.1, 0.15) is 56.2 Å². The molecule has 1 unspecified atom stereocenters. The fourth-order valence-corrected chi connectivity index (χ4v) is 6.76. The summed E-state index contributed by atoms with van der Waals surface area (Å²) in [7, 11) is -3.51. The molecule has 230 valence electrons. The molecule has 0 bridgehead atoms. The molecule has 2 amide bonds. The molecule has 1 heterocycles. The lowest BCUT2D eigenvalue weighted by Crippen LogP contribution is -2.50. The third-order valence-corrected chi connectivity index (χ3v) is 9.72. The zero-order valence-corrected chi connectivity index (χ0v) is 25.9. The number of halogens is 1. The molecule has 1 fully saturated rings. The highest BCUT2D eigenvalue weighted by Crippen LogP contribution is 2.22. The first-order chi connectivity index (χ1) is 20.6. The Labute approximate surface area is 255 Å². The van der Waals surface area contributed by atoms with Crippen LogP contribution in [0.15, 0.2) is 83.8 Å². The van der Waals surface area contributed by atoms with Crippen molar-refractivity contribution in [3.05, 3.63) is 101 Å². The van der Waals surface area contributed by atoms with Crippen LogP contribution in [-0.4, -0.2) is 55.1 Å². The van der Waals surface area contributed by atoms with Gasteiger partial charge in [0.25, 0.3) is 0 Å². The molecule has 3 aromatic carbocycles. The molecular formula is C34H42FN3O4S. The topological polar surface area (TPSA) is 86.8 Å². The third-order valence-electron chi connectivity index (χ3n) is 7.81. The number of amides is 2. The van der Waals surface area contributed by atoms with Crippen LogP contribution in [-0.2, 0) is 39.0 Å². The summed E-state index contributed by atoms with van der Waals surface area (Å²) in [5.41, 5.74) is 2.48. The Balaban J connectivity index is 1.54. The van der Waals surface area contributed by atoms with Gasteiger partial charge in [0.15, 0.2) is 0 Å². The normalized spacial score (nSPS) is 14.5. The molecule has 1 aliphatic rings. The Morgan fingerprint density at radius 3 is 2.14 bits per heavy atom. The summed E-state index contributed by atoms with van der Waals surface area (Å²) in [6, 6.07) is 21.5. The number of benzene rings is 3. The van der Waals surface area contributed by atoms with Crippen LogP contribution in [0.3, 0.4) is 0 Å². The minimum Gasteiger partial charge on any atom is -0.354 e. The Kier molecular flexibility index (Phi) is 11.5. The van der Waals surface area contributed by atoms with Crippen molar-refractivity contribution in [1.29, 1.82) is 0 Å². The van der Waals surface area contributed by atoms with Crippen LogP contribution in [0.4, 0.5) is 4.39 Å². The van der Waals surface area contributed by atoms with E-state index in [1.165, 1.54) is 16.4 Å². The summed E-state index contributed by atoms with van der Waals surface area (Å²) >= 11 is 0. The summed E-state index contributed by atoms with van der Waals surface area (Å²) < 4.78 is 41.0. The summed E-state index contributed by atoms with van der Waals surface area (Å²) in [5, 5.41) is 3.03. The quantitative estimate of drug-likeness (QED) is 0.268. The van der Waals surface area contributed by atoms with Crippen LogP contribution in [0.5, 0.6) is 0 Å². The predicted octanol–water partition coefficient (Wildman–Crippen LogP) is 5.35. The van der Waals surface area contributed by atoms with Crippen molar-refractivity contribution >= 4 is 21.8 Å². The van der Waals surface area contributed by atoms with E-state index in [1.54, 1.807) is 41.3 Å². The molecule has 0 radical (unpaired) electrons. The second-order valence-corrected chi connectivity index (χ2v) is 13.5. The van der Waals surface area contributed by atoms with E-state index in [0.29, 0.717) is 38.4 Å². The van der Waals surface area contributed by atoms with Crippen molar-refractivity contribution in [2.24, 2.45) is 5.92 Å². The molecule has 43 heavy (non-hydrogen) atoms. The minimum atomic E-state index is -3.51. The van der Waals surface area contributed by atoms with Gasteiger partial charge in [0.05, 0.1) is 4.90 Å². The lowest BCUT2D eigenvalue weighted by Gasteiger charge is -2.32. The molecule has 4 rings (SSSR count). The van der Waals surface area contributed by atoms with Crippen LogP contribution in [0.2, 0.25) is 0 Å². The molecule has 1 atom stereocenters. The second kappa shape index (κ2) is 15.3. The fraction of sp³-hybridized carbons (Fsp3) is 0.412. The van der Waals surface area contributed by atoms with Gasteiger partial charge in [-0.05, 0) is 72.6 Å². The van der Waals surface area contributed by atoms with Crippen LogP contribution in [0.25, 0.3) is 0 Å². The SMILES string of the molecule is CC(C)CCNC(=O)C(Cc1ccccc1)N(Cc1ccc(F)cc1)C(=O)CCc1ccc(S(=O)(=O)N2CCCC2)cc1. The number of hydrogen-bond donors (Lipinski definition) is 1. The number of aryl methyl sites for hydroxylation is 1. The zero-order valence-electron chi connectivity index (χ0n) is 25.0. The Morgan fingerprint density at radius 2 is 1.51 bits per heavy atom. The van der Waals surface area contributed by atoms with Gasteiger partial charge in [-0.15, -0.1) is 0 Å². The minimum absolute atomic E-state index is 0.129. The molecule has 0 aromatic heterocycles. The maximum atomic E-state index is 13.9. The van der Waals surface area contributed by atoms with E-state index in [-0.39, 0.29) is 35.5 Å². The molecule has 9 heteroatoms. The van der Waals surface area contributed by atoms with Gasteiger partial charge in [0.2, 0.25) is 21.8 Å².